The average Bonchev–Trinajstić information content (AvgIpc) is 2.57. The van der Waals surface area contributed by atoms with Gasteiger partial charge in [-0.15, -0.1) is 0 Å². The van der Waals surface area contributed by atoms with Gasteiger partial charge in [-0.2, -0.15) is 5.26 Å². The number of hydrogen-bond acceptors (Lipinski definition) is 2. The summed E-state index contributed by atoms with van der Waals surface area (Å²) in [6, 6.07) is 7.33. The summed E-state index contributed by atoms with van der Waals surface area (Å²) in [4.78, 5) is 2.43. The molecule has 0 spiro atoms. The van der Waals surface area contributed by atoms with E-state index in [2.05, 4.69) is 11.8 Å². The van der Waals surface area contributed by atoms with Crippen LogP contribution in [0, 0.1) is 17.1 Å². The minimum Gasteiger partial charge on any atom is -0.296 e. The van der Waals surface area contributed by atoms with E-state index < -0.39 is 5.82 Å². The minimum atomic E-state index is -0.426. The second kappa shape index (κ2) is 5.97. The van der Waals surface area contributed by atoms with E-state index in [1.807, 2.05) is 6.07 Å². The molecule has 1 heterocycles. The molecular formula is C15H19FN2. The van der Waals surface area contributed by atoms with Gasteiger partial charge in [0.1, 0.15) is 11.9 Å². The van der Waals surface area contributed by atoms with Crippen molar-refractivity contribution < 1.29 is 4.39 Å². The SMILES string of the molecule is CC1CCCCCN1Cc1ccc(F)c(C#N)c1. The average molecular weight is 246 g/mol. The van der Waals surface area contributed by atoms with Gasteiger partial charge in [-0.1, -0.05) is 18.9 Å². The first-order valence-corrected chi connectivity index (χ1v) is 6.63. The Morgan fingerprint density at radius 2 is 2.22 bits per heavy atom. The molecule has 0 aliphatic carbocycles. The summed E-state index contributed by atoms with van der Waals surface area (Å²) in [5.41, 5.74) is 1.18. The van der Waals surface area contributed by atoms with Crippen LogP contribution >= 0.6 is 0 Å². The van der Waals surface area contributed by atoms with Crippen molar-refractivity contribution in [3.8, 4) is 6.07 Å². The first-order chi connectivity index (χ1) is 8.70. The van der Waals surface area contributed by atoms with Crippen LogP contribution in [0.2, 0.25) is 0 Å². The second-order valence-electron chi connectivity index (χ2n) is 5.09. The van der Waals surface area contributed by atoms with Gasteiger partial charge in [-0.3, -0.25) is 4.90 Å². The lowest BCUT2D eigenvalue weighted by Gasteiger charge is -2.26. The molecule has 2 nitrogen and oxygen atoms in total. The monoisotopic (exact) mass is 246 g/mol. The van der Waals surface area contributed by atoms with Gasteiger partial charge in [-0.25, -0.2) is 4.39 Å². The van der Waals surface area contributed by atoms with Crippen molar-refractivity contribution in [2.75, 3.05) is 6.54 Å². The van der Waals surface area contributed by atoms with Crippen molar-refractivity contribution >= 4 is 0 Å². The number of halogens is 1. The van der Waals surface area contributed by atoms with E-state index in [0.717, 1.165) is 18.7 Å². The van der Waals surface area contributed by atoms with Crippen LogP contribution in [0.4, 0.5) is 4.39 Å². The highest BCUT2D eigenvalue weighted by Gasteiger charge is 2.17. The molecule has 0 radical (unpaired) electrons. The van der Waals surface area contributed by atoms with Gasteiger partial charge in [-0.05, 0) is 44.0 Å². The number of hydrogen-bond donors (Lipinski definition) is 0. The molecule has 0 aromatic heterocycles. The van der Waals surface area contributed by atoms with Crippen LogP contribution in [0.25, 0.3) is 0 Å². The Morgan fingerprint density at radius 1 is 1.39 bits per heavy atom. The summed E-state index contributed by atoms with van der Waals surface area (Å²) in [5.74, 6) is -0.426. The number of nitriles is 1. The van der Waals surface area contributed by atoms with Crippen LogP contribution in [0.1, 0.15) is 43.7 Å². The van der Waals surface area contributed by atoms with Gasteiger partial charge < -0.3 is 0 Å². The summed E-state index contributed by atoms with van der Waals surface area (Å²) in [6.07, 6.45) is 5.06. The Kier molecular flexibility index (Phi) is 4.33. The molecule has 1 unspecified atom stereocenters. The van der Waals surface area contributed by atoms with Gasteiger partial charge in [0.2, 0.25) is 0 Å². The number of benzene rings is 1. The standard InChI is InChI=1S/C15H19FN2/c1-12-5-3-2-4-8-18(12)11-13-6-7-15(16)14(9-13)10-17/h6-7,9,12H,2-5,8,11H2,1H3. The van der Waals surface area contributed by atoms with E-state index in [-0.39, 0.29) is 5.56 Å². The first kappa shape index (κ1) is 13.0. The predicted octanol–water partition coefficient (Wildman–Crippen LogP) is 3.46. The summed E-state index contributed by atoms with van der Waals surface area (Å²) in [7, 11) is 0. The highest BCUT2D eigenvalue weighted by molar-refractivity contribution is 5.34. The third-order valence-electron chi connectivity index (χ3n) is 3.73. The summed E-state index contributed by atoms with van der Waals surface area (Å²) < 4.78 is 13.3. The Hall–Kier alpha value is -1.40. The molecule has 18 heavy (non-hydrogen) atoms. The number of likely N-dealkylation sites (tertiary alicyclic amines) is 1. The molecule has 1 atom stereocenters. The maximum absolute atomic E-state index is 13.3. The van der Waals surface area contributed by atoms with E-state index in [4.69, 9.17) is 5.26 Å². The van der Waals surface area contributed by atoms with Crippen LogP contribution in [-0.2, 0) is 6.54 Å². The fraction of sp³-hybridized carbons (Fsp3) is 0.533. The first-order valence-electron chi connectivity index (χ1n) is 6.63. The van der Waals surface area contributed by atoms with E-state index in [1.54, 1.807) is 12.1 Å². The predicted molar refractivity (Wildman–Crippen MR) is 69.5 cm³/mol. The molecule has 1 aliphatic rings. The fourth-order valence-corrected chi connectivity index (χ4v) is 2.56. The summed E-state index contributed by atoms with van der Waals surface area (Å²) >= 11 is 0. The largest absolute Gasteiger partial charge is 0.296 e. The highest BCUT2D eigenvalue weighted by atomic mass is 19.1. The van der Waals surface area contributed by atoms with Crippen LogP contribution < -0.4 is 0 Å². The third-order valence-corrected chi connectivity index (χ3v) is 3.73. The topological polar surface area (TPSA) is 27.0 Å². The van der Waals surface area contributed by atoms with Crippen molar-refractivity contribution in [2.45, 2.75) is 45.2 Å². The van der Waals surface area contributed by atoms with Crippen LogP contribution in [0.3, 0.4) is 0 Å². The molecule has 0 saturated carbocycles. The lowest BCUT2D eigenvalue weighted by Crippen LogP contribution is -2.31. The normalized spacial score (nSPS) is 21.3. The van der Waals surface area contributed by atoms with Crippen molar-refractivity contribution in [2.24, 2.45) is 0 Å². The molecular weight excluding hydrogens is 227 g/mol. The molecule has 1 aliphatic heterocycles. The van der Waals surface area contributed by atoms with E-state index >= 15 is 0 Å². The summed E-state index contributed by atoms with van der Waals surface area (Å²) in [5, 5.41) is 8.84. The minimum absolute atomic E-state index is 0.148. The van der Waals surface area contributed by atoms with Gasteiger partial charge >= 0.3 is 0 Å². The molecule has 1 fully saturated rings. The van der Waals surface area contributed by atoms with Gasteiger partial charge in [0.05, 0.1) is 5.56 Å². The Morgan fingerprint density at radius 3 is 3.00 bits per heavy atom. The highest BCUT2D eigenvalue weighted by Crippen LogP contribution is 2.19. The van der Waals surface area contributed by atoms with Crippen molar-refractivity contribution in [1.29, 1.82) is 5.26 Å². The lowest BCUT2D eigenvalue weighted by atomic mass is 10.1. The van der Waals surface area contributed by atoms with E-state index in [0.29, 0.717) is 6.04 Å². The fourth-order valence-electron chi connectivity index (χ4n) is 2.56. The second-order valence-corrected chi connectivity index (χ2v) is 5.09. The Bertz CT molecular complexity index is 450. The van der Waals surface area contributed by atoms with Crippen molar-refractivity contribution in [3.05, 3.63) is 35.1 Å². The molecule has 2 rings (SSSR count). The maximum Gasteiger partial charge on any atom is 0.140 e. The van der Waals surface area contributed by atoms with Crippen molar-refractivity contribution in [1.82, 2.24) is 4.90 Å². The number of rotatable bonds is 2. The van der Waals surface area contributed by atoms with Gasteiger partial charge in [0, 0.05) is 12.6 Å². The van der Waals surface area contributed by atoms with Crippen LogP contribution in [0.15, 0.2) is 18.2 Å². The molecule has 96 valence electrons. The zero-order valence-corrected chi connectivity index (χ0v) is 10.8. The van der Waals surface area contributed by atoms with Crippen molar-refractivity contribution in [3.63, 3.8) is 0 Å². The van der Waals surface area contributed by atoms with Crippen LogP contribution in [0.5, 0.6) is 0 Å². The van der Waals surface area contributed by atoms with E-state index in [1.165, 1.54) is 31.7 Å². The smallest absolute Gasteiger partial charge is 0.140 e. The molecule has 1 saturated heterocycles. The summed E-state index contributed by atoms with van der Waals surface area (Å²) in [6.45, 7) is 4.16. The number of nitrogens with zero attached hydrogens (tertiary/aromatic N) is 2. The molecule has 1 aromatic rings. The lowest BCUT2D eigenvalue weighted by molar-refractivity contribution is 0.205. The maximum atomic E-state index is 13.3. The molecule has 0 N–H and O–H groups in total. The van der Waals surface area contributed by atoms with Gasteiger partial charge in [0.15, 0.2) is 0 Å². The van der Waals surface area contributed by atoms with Gasteiger partial charge in [0.25, 0.3) is 0 Å². The van der Waals surface area contributed by atoms with Crippen LogP contribution in [-0.4, -0.2) is 17.5 Å². The molecule has 1 aromatic carbocycles. The zero-order chi connectivity index (χ0) is 13.0. The molecule has 0 bridgehead atoms. The zero-order valence-electron chi connectivity index (χ0n) is 10.8. The molecule has 0 amide bonds. The molecule has 3 heteroatoms. The van der Waals surface area contributed by atoms with E-state index in [9.17, 15) is 4.39 Å². The third kappa shape index (κ3) is 3.08. The quantitative estimate of drug-likeness (QED) is 0.799. The Labute approximate surface area is 108 Å². The Balaban J connectivity index is 2.10.